The summed E-state index contributed by atoms with van der Waals surface area (Å²) in [6.45, 7) is 11.1. The number of alkyl halides is 6. The van der Waals surface area contributed by atoms with Crippen molar-refractivity contribution in [3.05, 3.63) is 82.9 Å². The molecule has 0 radical (unpaired) electrons. The number of hydrogen-bond acceptors (Lipinski definition) is 4. The lowest BCUT2D eigenvalue weighted by atomic mass is 9.72. The molecule has 220 valence electrons. The van der Waals surface area contributed by atoms with Gasteiger partial charge in [-0.25, -0.2) is 0 Å². The standard InChI is InChI=1S/C31H32F6N2O2/c1-27(2,3)18-39-24-16-22(11-13-26(24)41)29(30(32,33)34,31(35,36)37)21-10-12-25(40)23(15-21)38-17-19-8-7-9-20(14-19)28(4,5)6/h7-18,40-41H,1-6H3. The number of aromatic hydroxyl groups is 2. The van der Waals surface area contributed by atoms with Gasteiger partial charge in [-0.1, -0.05) is 71.9 Å². The molecular formula is C31H32F6N2O2. The monoisotopic (exact) mass is 578 g/mol. The zero-order valence-corrected chi connectivity index (χ0v) is 23.5. The van der Waals surface area contributed by atoms with Crippen LogP contribution in [-0.4, -0.2) is 35.0 Å². The molecule has 0 aliphatic rings. The fraction of sp³-hybridized carbons (Fsp3) is 0.355. The van der Waals surface area contributed by atoms with Crippen molar-refractivity contribution in [1.82, 2.24) is 0 Å². The van der Waals surface area contributed by atoms with E-state index in [1.807, 2.05) is 26.8 Å². The highest BCUT2D eigenvalue weighted by molar-refractivity contribution is 5.83. The highest BCUT2D eigenvalue weighted by Gasteiger charge is 2.72. The van der Waals surface area contributed by atoms with Crippen LogP contribution in [0.25, 0.3) is 0 Å². The Bertz CT molecular complexity index is 1450. The largest absolute Gasteiger partial charge is 0.506 e. The second kappa shape index (κ2) is 10.9. The molecule has 0 atom stereocenters. The first kappa shape index (κ1) is 31.7. The van der Waals surface area contributed by atoms with E-state index in [4.69, 9.17) is 0 Å². The average Bonchev–Trinajstić information content (AvgIpc) is 2.82. The van der Waals surface area contributed by atoms with Crippen molar-refractivity contribution >= 4 is 23.8 Å². The minimum Gasteiger partial charge on any atom is -0.506 e. The van der Waals surface area contributed by atoms with Crippen LogP contribution in [0.2, 0.25) is 0 Å². The van der Waals surface area contributed by atoms with Crippen LogP contribution in [0.1, 0.15) is 63.8 Å². The Labute approximate surface area is 235 Å². The molecule has 41 heavy (non-hydrogen) atoms. The summed E-state index contributed by atoms with van der Waals surface area (Å²) in [4.78, 5) is 8.00. The molecule has 0 unspecified atom stereocenters. The van der Waals surface area contributed by atoms with Gasteiger partial charge in [-0.2, -0.15) is 26.3 Å². The summed E-state index contributed by atoms with van der Waals surface area (Å²) in [5.74, 6) is -1.18. The van der Waals surface area contributed by atoms with Crippen molar-refractivity contribution < 1.29 is 36.6 Å². The molecule has 0 saturated carbocycles. The molecule has 3 rings (SSSR count). The smallest absolute Gasteiger partial charge is 0.411 e. The number of halogens is 6. The minimum atomic E-state index is -5.88. The number of aliphatic imine (C=N–C) groups is 2. The number of hydrogen-bond donors (Lipinski definition) is 2. The lowest BCUT2D eigenvalue weighted by molar-refractivity contribution is -0.288. The van der Waals surface area contributed by atoms with Crippen LogP contribution in [-0.2, 0) is 10.8 Å². The molecule has 0 fully saturated rings. The summed E-state index contributed by atoms with van der Waals surface area (Å²) in [7, 11) is 0. The van der Waals surface area contributed by atoms with Gasteiger partial charge in [0.1, 0.15) is 22.9 Å². The number of rotatable bonds is 5. The van der Waals surface area contributed by atoms with E-state index in [9.17, 15) is 36.6 Å². The molecule has 0 aromatic heterocycles. The quantitative estimate of drug-likeness (QED) is 0.234. The summed E-state index contributed by atoms with van der Waals surface area (Å²) in [5, 5.41) is 20.5. The first-order valence-electron chi connectivity index (χ1n) is 12.7. The van der Waals surface area contributed by atoms with E-state index in [2.05, 4.69) is 9.98 Å². The predicted octanol–water partition coefficient (Wildman–Crippen LogP) is 9.30. The van der Waals surface area contributed by atoms with Gasteiger partial charge in [0, 0.05) is 12.4 Å². The van der Waals surface area contributed by atoms with Crippen molar-refractivity contribution in [2.75, 3.05) is 0 Å². The number of phenols is 2. The Morgan fingerprint density at radius 2 is 1.10 bits per heavy atom. The summed E-state index contributed by atoms with van der Waals surface area (Å²) < 4.78 is 88.6. The lowest BCUT2D eigenvalue weighted by Crippen LogP contribution is -2.54. The number of benzene rings is 3. The summed E-state index contributed by atoms with van der Waals surface area (Å²) in [5.41, 5.74) is -7.17. The molecule has 0 heterocycles. The van der Waals surface area contributed by atoms with E-state index in [0.29, 0.717) is 29.8 Å². The van der Waals surface area contributed by atoms with Crippen molar-refractivity contribution in [2.45, 2.75) is 64.7 Å². The van der Waals surface area contributed by atoms with E-state index in [1.165, 1.54) is 12.4 Å². The van der Waals surface area contributed by atoms with Crippen LogP contribution in [0, 0.1) is 5.41 Å². The maximum atomic E-state index is 14.8. The van der Waals surface area contributed by atoms with Crippen LogP contribution in [0.5, 0.6) is 11.5 Å². The first-order chi connectivity index (χ1) is 18.7. The van der Waals surface area contributed by atoms with E-state index < -0.39 is 57.2 Å². The van der Waals surface area contributed by atoms with Gasteiger partial charge in [0.05, 0.1) is 0 Å². The molecular weight excluding hydrogens is 546 g/mol. The fourth-order valence-electron chi connectivity index (χ4n) is 4.19. The van der Waals surface area contributed by atoms with E-state index in [1.54, 1.807) is 39.0 Å². The zero-order valence-electron chi connectivity index (χ0n) is 23.5. The van der Waals surface area contributed by atoms with Gasteiger partial charge in [0.25, 0.3) is 0 Å². The fourth-order valence-corrected chi connectivity index (χ4v) is 4.19. The molecule has 0 spiro atoms. The molecule has 0 bridgehead atoms. The van der Waals surface area contributed by atoms with Gasteiger partial charge in [0.15, 0.2) is 0 Å². The normalized spacial score (nSPS) is 13.9. The highest BCUT2D eigenvalue weighted by atomic mass is 19.4. The topological polar surface area (TPSA) is 65.2 Å². The van der Waals surface area contributed by atoms with Gasteiger partial charge < -0.3 is 10.2 Å². The van der Waals surface area contributed by atoms with Gasteiger partial charge in [0.2, 0.25) is 5.41 Å². The first-order valence-corrected chi connectivity index (χ1v) is 12.7. The molecule has 4 nitrogen and oxygen atoms in total. The Hall–Kier alpha value is -3.82. The van der Waals surface area contributed by atoms with Gasteiger partial charge >= 0.3 is 12.4 Å². The van der Waals surface area contributed by atoms with Crippen LogP contribution >= 0.6 is 0 Å². The molecule has 10 heteroatoms. The van der Waals surface area contributed by atoms with Crippen LogP contribution < -0.4 is 0 Å². The Balaban J connectivity index is 2.26. The van der Waals surface area contributed by atoms with Gasteiger partial charge in [-0.3, -0.25) is 9.98 Å². The summed E-state index contributed by atoms with van der Waals surface area (Å²) >= 11 is 0. The van der Waals surface area contributed by atoms with E-state index >= 15 is 0 Å². The lowest BCUT2D eigenvalue weighted by Gasteiger charge is -2.38. The Morgan fingerprint density at radius 1 is 0.610 bits per heavy atom. The van der Waals surface area contributed by atoms with E-state index in [0.717, 1.165) is 17.7 Å². The molecule has 3 aromatic carbocycles. The second-order valence-electron chi connectivity index (χ2n) is 11.9. The third-order valence-electron chi connectivity index (χ3n) is 6.36. The van der Waals surface area contributed by atoms with Crippen LogP contribution in [0.4, 0.5) is 37.7 Å². The van der Waals surface area contributed by atoms with Crippen molar-refractivity contribution in [2.24, 2.45) is 15.4 Å². The van der Waals surface area contributed by atoms with Crippen LogP contribution in [0.15, 0.2) is 70.6 Å². The average molecular weight is 579 g/mol. The third-order valence-corrected chi connectivity index (χ3v) is 6.36. The predicted molar refractivity (Wildman–Crippen MR) is 149 cm³/mol. The Kier molecular flexibility index (Phi) is 8.41. The third kappa shape index (κ3) is 6.74. The molecule has 0 saturated heterocycles. The molecule has 0 aliphatic heterocycles. The molecule has 3 aromatic rings. The maximum Gasteiger partial charge on any atom is 0.411 e. The zero-order chi connectivity index (χ0) is 31.0. The van der Waals surface area contributed by atoms with Gasteiger partial charge in [-0.05, 0) is 63.4 Å². The van der Waals surface area contributed by atoms with Crippen molar-refractivity contribution in [3.8, 4) is 11.5 Å². The maximum absolute atomic E-state index is 14.8. The summed E-state index contributed by atoms with van der Waals surface area (Å²) in [6.07, 6.45) is -9.19. The molecule has 2 N–H and O–H groups in total. The Morgan fingerprint density at radius 3 is 1.54 bits per heavy atom. The summed E-state index contributed by atoms with van der Waals surface area (Å²) in [6, 6.07) is 10.9. The number of nitrogens with zero attached hydrogens (tertiary/aromatic N) is 2. The second-order valence-corrected chi connectivity index (χ2v) is 11.9. The number of phenolic OH excluding ortho intramolecular Hbond substituents is 2. The molecule has 0 aliphatic carbocycles. The van der Waals surface area contributed by atoms with Crippen molar-refractivity contribution in [1.29, 1.82) is 0 Å². The molecule has 0 amide bonds. The van der Waals surface area contributed by atoms with Crippen LogP contribution in [0.3, 0.4) is 0 Å². The highest BCUT2D eigenvalue weighted by Crippen LogP contribution is 2.57. The SMILES string of the molecule is CC(C)(C)C=Nc1cc(C(c2ccc(O)c(N=Cc3cccc(C(C)(C)C)c3)c2)(C(F)(F)F)C(F)(F)F)ccc1O. The van der Waals surface area contributed by atoms with E-state index in [-0.39, 0.29) is 5.41 Å². The van der Waals surface area contributed by atoms with Gasteiger partial charge in [-0.15, -0.1) is 0 Å². The minimum absolute atomic E-state index is 0.217. The van der Waals surface area contributed by atoms with Crippen molar-refractivity contribution in [3.63, 3.8) is 0 Å².